The van der Waals surface area contributed by atoms with Crippen LogP contribution in [0.25, 0.3) is 0 Å². The Labute approximate surface area is 116 Å². The van der Waals surface area contributed by atoms with Crippen LogP contribution in [0.1, 0.15) is 57.2 Å². The Kier molecular flexibility index (Phi) is 4.62. The Balaban J connectivity index is 2.14. The van der Waals surface area contributed by atoms with Crippen LogP contribution in [0, 0.1) is 11.8 Å². The van der Waals surface area contributed by atoms with E-state index in [1.165, 1.54) is 24.0 Å². The fourth-order valence-electron chi connectivity index (χ4n) is 2.83. The predicted octanol–water partition coefficient (Wildman–Crippen LogP) is 3.86. The van der Waals surface area contributed by atoms with Gasteiger partial charge in [-0.05, 0) is 29.9 Å². The quantitative estimate of drug-likeness (QED) is 0.874. The third kappa shape index (κ3) is 3.59. The summed E-state index contributed by atoms with van der Waals surface area (Å²) in [6.07, 6.45) is 4.31. The van der Waals surface area contributed by atoms with Gasteiger partial charge in [0.05, 0.1) is 6.04 Å². The zero-order valence-corrected chi connectivity index (χ0v) is 12.3. The summed E-state index contributed by atoms with van der Waals surface area (Å²) in [5, 5.41) is 3.22. The standard InChI is InChI=1S/C17H25NO/c1-12(2)7-6-10-16-15-9-5-4-8-14(15)11-13(3)17(19)18-16/h4-5,8-9,12-13,16H,6-7,10-11H2,1-3H3,(H,18,19). The highest BCUT2D eigenvalue weighted by molar-refractivity contribution is 5.80. The molecule has 0 aromatic heterocycles. The predicted molar refractivity (Wildman–Crippen MR) is 78.9 cm³/mol. The second-order valence-electron chi connectivity index (χ2n) is 6.19. The first-order valence-electron chi connectivity index (χ1n) is 7.46. The van der Waals surface area contributed by atoms with Crippen molar-refractivity contribution in [2.45, 2.75) is 52.5 Å². The van der Waals surface area contributed by atoms with Gasteiger partial charge in [-0.2, -0.15) is 0 Å². The highest BCUT2D eigenvalue weighted by atomic mass is 16.1. The molecular formula is C17H25NO. The summed E-state index contributed by atoms with van der Waals surface area (Å²) in [6, 6.07) is 8.70. The van der Waals surface area contributed by atoms with E-state index in [2.05, 4.69) is 43.4 Å². The van der Waals surface area contributed by atoms with Gasteiger partial charge in [-0.15, -0.1) is 0 Å². The maximum Gasteiger partial charge on any atom is 0.223 e. The summed E-state index contributed by atoms with van der Waals surface area (Å²) in [6.45, 7) is 6.52. The van der Waals surface area contributed by atoms with Crippen molar-refractivity contribution in [1.82, 2.24) is 5.32 Å². The zero-order valence-electron chi connectivity index (χ0n) is 12.3. The Hall–Kier alpha value is -1.31. The number of nitrogens with one attached hydrogen (secondary N) is 1. The molecule has 0 fully saturated rings. The van der Waals surface area contributed by atoms with Crippen LogP contribution in [-0.2, 0) is 11.2 Å². The number of amides is 1. The molecule has 0 spiro atoms. The molecule has 19 heavy (non-hydrogen) atoms. The van der Waals surface area contributed by atoms with Crippen LogP contribution in [0.2, 0.25) is 0 Å². The van der Waals surface area contributed by atoms with Crippen molar-refractivity contribution < 1.29 is 4.79 Å². The van der Waals surface area contributed by atoms with E-state index in [9.17, 15) is 4.79 Å². The van der Waals surface area contributed by atoms with Crippen LogP contribution in [0.4, 0.5) is 0 Å². The highest BCUT2D eigenvalue weighted by Crippen LogP contribution is 2.29. The maximum absolute atomic E-state index is 12.1. The number of hydrogen-bond acceptors (Lipinski definition) is 1. The number of benzene rings is 1. The fraction of sp³-hybridized carbons (Fsp3) is 0.588. The van der Waals surface area contributed by atoms with Crippen LogP contribution >= 0.6 is 0 Å². The van der Waals surface area contributed by atoms with E-state index >= 15 is 0 Å². The monoisotopic (exact) mass is 259 g/mol. The summed E-state index contributed by atoms with van der Waals surface area (Å²) in [7, 11) is 0. The Bertz CT molecular complexity index is 439. The number of carbonyl (C=O) groups excluding carboxylic acids is 1. The second-order valence-corrected chi connectivity index (χ2v) is 6.19. The van der Waals surface area contributed by atoms with Gasteiger partial charge in [-0.3, -0.25) is 4.79 Å². The molecule has 1 aliphatic heterocycles. The molecular weight excluding hydrogens is 234 g/mol. The first-order chi connectivity index (χ1) is 9.08. The van der Waals surface area contributed by atoms with Crippen LogP contribution < -0.4 is 5.32 Å². The number of fused-ring (bicyclic) bond motifs is 1. The largest absolute Gasteiger partial charge is 0.349 e. The molecule has 2 rings (SSSR count). The van der Waals surface area contributed by atoms with Crippen LogP contribution in [0.5, 0.6) is 0 Å². The average molecular weight is 259 g/mol. The third-order valence-electron chi connectivity index (χ3n) is 3.99. The molecule has 1 aliphatic rings. The molecule has 0 saturated carbocycles. The smallest absolute Gasteiger partial charge is 0.223 e. The summed E-state index contributed by atoms with van der Waals surface area (Å²) < 4.78 is 0. The van der Waals surface area contributed by atoms with Gasteiger partial charge in [-0.25, -0.2) is 0 Å². The lowest BCUT2D eigenvalue weighted by Gasteiger charge is -2.19. The van der Waals surface area contributed by atoms with Gasteiger partial charge in [0.25, 0.3) is 0 Å². The number of rotatable bonds is 4. The van der Waals surface area contributed by atoms with Crippen molar-refractivity contribution in [3.63, 3.8) is 0 Å². The van der Waals surface area contributed by atoms with Gasteiger partial charge in [0.1, 0.15) is 0 Å². The van der Waals surface area contributed by atoms with E-state index in [1.807, 2.05) is 6.92 Å². The van der Waals surface area contributed by atoms with Crippen molar-refractivity contribution in [3.8, 4) is 0 Å². The van der Waals surface area contributed by atoms with E-state index in [1.54, 1.807) is 0 Å². The van der Waals surface area contributed by atoms with E-state index in [-0.39, 0.29) is 17.9 Å². The van der Waals surface area contributed by atoms with Gasteiger partial charge in [0, 0.05) is 5.92 Å². The second kappa shape index (κ2) is 6.23. The maximum atomic E-state index is 12.1. The van der Waals surface area contributed by atoms with Crippen molar-refractivity contribution in [3.05, 3.63) is 35.4 Å². The van der Waals surface area contributed by atoms with Crippen molar-refractivity contribution >= 4 is 5.91 Å². The molecule has 2 nitrogen and oxygen atoms in total. The minimum absolute atomic E-state index is 0.0799. The van der Waals surface area contributed by atoms with E-state index in [0.717, 1.165) is 18.8 Å². The lowest BCUT2D eigenvalue weighted by molar-refractivity contribution is -0.125. The normalized spacial score (nSPS) is 22.8. The fourth-order valence-corrected chi connectivity index (χ4v) is 2.83. The molecule has 1 N–H and O–H groups in total. The van der Waals surface area contributed by atoms with Gasteiger partial charge in [0.15, 0.2) is 0 Å². The molecule has 0 aliphatic carbocycles. The molecule has 1 heterocycles. The van der Waals surface area contributed by atoms with E-state index in [4.69, 9.17) is 0 Å². The molecule has 2 unspecified atom stereocenters. The molecule has 104 valence electrons. The van der Waals surface area contributed by atoms with Crippen molar-refractivity contribution in [2.24, 2.45) is 11.8 Å². The topological polar surface area (TPSA) is 29.1 Å². The lowest BCUT2D eigenvalue weighted by Crippen LogP contribution is -2.31. The van der Waals surface area contributed by atoms with Gasteiger partial charge in [-0.1, -0.05) is 57.9 Å². The Morgan fingerprint density at radius 1 is 1.32 bits per heavy atom. The third-order valence-corrected chi connectivity index (χ3v) is 3.99. The van der Waals surface area contributed by atoms with Crippen LogP contribution in [0.3, 0.4) is 0 Å². The number of hydrogen-bond donors (Lipinski definition) is 1. The Morgan fingerprint density at radius 3 is 2.79 bits per heavy atom. The van der Waals surface area contributed by atoms with Crippen LogP contribution in [-0.4, -0.2) is 5.91 Å². The van der Waals surface area contributed by atoms with Crippen molar-refractivity contribution in [1.29, 1.82) is 0 Å². The molecule has 1 amide bonds. The molecule has 0 saturated heterocycles. The van der Waals surface area contributed by atoms with Gasteiger partial charge >= 0.3 is 0 Å². The zero-order chi connectivity index (χ0) is 13.8. The minimum Gasteiger partial charge on any atom is -0.349 e. The molecule has 1 aromatic carbocycles. The van der Waals surface area contributed by atoms with Crippen molar-refractivity contribution in [2.75, 3.05) is 0 Å². The van der Waals surface area contributed by atoms with Gasteiger partial charge in [0.2, 0.25) is 5.91 Å². The SMILES string of the molecule is CC(C)CCCC1NC(=O)C(C)Cc2ccccc21. The summed E-state index contributed by atoms with van der Waals surface area (Å²) in [5.74, 6) is 1.01. The minimum atomic E-state index is 0.0799. The molecule has 2 heteroatoms. The summed E-state index contributed by atoms with van der Waals surface area (Å²) in [5.41, 5.74) is 2.66. The molecule has 0 bridgehead atoms. The number of carbonyl (C=O) groups is 1. The molecule has 0 radical (unpaired) electrons. The summed E-state index contributed by atoms with van der Waals surface area (Å²) >= 11 is 0. The first-order valence-corrected chi connectivity index (χ1v) is 7.46. The first kappa shape index (κ1) is 14.1. The average Bonchev–Trinajstić information content (AvgIpc) is 2.48. The summed E-state index contributed by atoms with van der Waals surface area (Å²) in [4.78, 5) is 12.1. The highest BCUT2D eigenvalue weighted by Gasteiger charge is 2.25. The Morgan fingerprint density at radius 2 is 2.05 bits per heavy atom. The molecule has 2 atom stereocenters. The van der Waals surface area contributed by atoms with E-state index in [0.29, 0.717) is 0 Å². The molecule has 1 aromatic rings. The van der Waals surface area contributed by atoms with E-state index < -0.39 is 0 Å². The van der Waals surface area contributed by atoms with Crippen LogP contribution in [0.15, 0.2) is 24.3 Å². The van der Waals surface area contributed by atoms with Gasteiger partial charge < -0.3 is 5.32 Å². The lowest BCUT2D eigenvalue weighted by atomic mass is 9.93.